The second kappa shape index (κ2) is 6.53. The van der Waals surface area contributed by atoms with Gasteiger partial charge < -0.3 is 5.73 Å². The number of likely N-dealkylation sites (N-methyl/N-ethyl adjacent to an activating group) is 1. The van der Waals surface area contributed by atoms with E-state index in [4.69, 9.17) is 5.73 Å². The summed E-state index contributed by atoms with van der Waals surface area (Å²) in [5, 5.41) is 0. The molecular formula is C16H22N2O. The molecule has 0 saturated carbocycles. The Morgan fingerprint density at radius 2 is 2.16 bits per heavy atom. The van der Waals surface area contributed by atoms with Gasteiger partial charge in [-0.3, -0.25) is 9.69 Å². The van der Waals surface area contributed by atoms with Gasteiger partial charge in [0.05, 0.1) is 0 Å². The Morgan fingerprint density at radius 3 is 2.74 bits per heavy atom. The molecule has 102 valence electrons. The Labute approximate surface area is 115 Å². The van der Waals surface area contributed by atoms with Crippen LogP contribution in [0.25, 0.3) is 0 Å². The largest absolute Gasteiger partial charge is 0.370 e. The molecule has 0 radical (unpaired) electrons. The third-order valence-corrected chi connectivity index (χ3v) is 3.82. The van der Waals surface area contributed by atoms with Gasteiger partial charge in [-0.05, 0) is 31.9 Å². The van der Waals surface area contributed by atoms with Gasteiger partial charge in [0.1, 0.15) is 0 Å². The maximum absolute atomic E-state index is 11.3. The number of nitrogens with zero attached hydrogens (tertiary/aromatic N) is 1. The second-order valence-electron chi connectivity index (χ2n) is 5.19. The number of allylic oxidation sites excluding steroid dienone is 1. The van der Waals surface area contributed by atoms with Crippen LogP contribution >= 0.6 is 0 Å². The van der Waals surface area contributed by atoms with Crippen molar-refractivity contribution in [1.82, 2.24) is 4.90 Å². The van der Waals surface area contributed by atoms with E-state index in [0.717, 1.165) is 18.4 Å². The standard InChI is InChI=1S/C16H22N2O/c1-18(14-10-6-3-7-11-14)15(12-16(17)19)13-8-4-2-5-9-13/h2,4-6,8-10,14-15H,3,7,11-12H2,1H3,(H2,17,19)/t14-,15-/m0/s1. The number of hydrogen-bond donors (Lipinski definition) is 1. The summed E-state index contributed by atoms with van der Waals surface area (Å²) in [6.07, 6.45) is 8.37. The van der Waals surface area contributed by atoms with Crippen molar-refractivity contribution in [1.29, 1.82) is 0 Å². The zero-order valence-electron chi connectivity index (χ0n) is 11.5. The monoisotopic (exact) mass is 258 g/mol. The van der Waals surface area contributed by atoms with Crippen molar-refractivity contribution in [2.75, 3.05) is 7.05 Å². The Kier molecular flexibility index (Phi) is 4.74. The number of primary amides is 1. The topological polar surface area (TPSA) is 46.3 Å². The molecule has 19 heavy (non-hydrogen) atoms. The fraction of sp³-hybridized carbons (Fsp3) is 0.438. The van der Waals surface area contributed by atoms with Crippen molar-refractivity contribution >= 4 is 5.91 Å². The van der Waals surface area contributed by atoms with Gasteiger partial charge in [-0.15, -0.1) is 0 Å². The Hall–Kier alpha value is -1.61. The van der Waals surface area contributed by atoms with Gasteiger partial charge in [0.15, 0.2) is 0 Å². The Morgan fingerprint density at radius 1 is 1.42 bits per heavy atom. The van der Waals surface area contributed by atoms with Crippen molar-refractivity contribution in [2.24, 2.45) is 5.73 Å². The number of carbonyl (C=O) groups excluding carboxylic acids is 1. The zero-order valence-corrected chi connectivity index (χ0v) is 11.5. The van der Waals surface area contributed by atoms with E-state index in [1.165, 1.54) is 6.42 Å². The highest BCUT2D eigenvalue weighted by Crippen LogP contribution is 2.28. The molecule has 0 heterocycles. The van der Waals surface area contributed by atoms with Gasteiger partial charge >= 0.3 is 0 Å². The van der Waals surface area contributed by atoms with Crippen LogP contribution in [0.15, 0.2) is 42.5 Å². The molecule has 1 amide bonds. The smallest absolute Gasteiger partial charge is 0.219 e. The SMILES string of the molecule is CN([C@H]1C=CCCC1)[C@@H](CC(N)=O)c1ccccc1. The third kappa shape index (κ3) is 3.67. The molecule has 1 aliphatic rings. The average molecular weight is 258 g/mol. The number of nitrogens with two attached hydrogens (primary N) is 1. The van der Waals surface area contributed by atoms with Crippen molar-refractivity contribution in [3.63, 3.8) is 0 Å². The first-order valence-corrected chi connectivity index (χ1v) is 6.90. The molecule has 0 unspecified atom stereocenters. The number of carbonyl (C=O) groups is 1. The van der Waals surface area contributed by atoms with E-state index in [2.05, 4.69) is 36.2 Å². The predicted molar refractivity (Wildman–Crippen MR) is 77.5 cm³/mol. The minimum absolute atomic E-state index is 0.0615. The molecule has 2 atom stereocenters. The lowest BCUT2D eigenvalue weighted by molar-refractivity contribution is -0.119. The summed E-state index contributed by atoms with van der Waals surface area (Å²) < 4.78 is 0. The lowest BCUT2D eigenvalue weighted by Crippen LogP contribution is -2.36. The first-order chi connectivity index (χ1) is 9.18. The molecule has 0 fully saturated rings. The first-order valence-electron chi connectivity index (χ1n) is 6.90. The fourth-order valence-corrected chi connectivity index (χ4v) is 2.73. The number of amides is 1. The van der Waals surface area contributed by atoms with E-state index in [1.54, 1.807) is 0 Å². The van der Waals surface area contributed by atoms with Crippen molar-refractivity contribution < 1.29 is 4.79 Å². The predicted octanol–water partition coefficient (Wildman–Crippen LogP) is 2.64. The van der Waals surface area contributed by atoms with E-state index in [9.17, 15) is 4.79 Å². The van der Waals surface area contributed by atoms with Crippen LogP contribution in [0.3, 0.4) is 0 Å². The summed E-state index contributed by atoms with van der Waals surface area (Å²) in [5.74, 6) is -0.250. The highest BCUT2D eigenvalue weighted by molar-refractivity contribution is 5.74. The minimum atomic E-state index is -0.250. The Balaban J connectivity index is 2.19. The minimum Gasteiger partial charge on any atom is -0.370 e. The molecule has 0 saturated heterocycles. The summed E-state index contributed by atoms with van der Waals surface area (Å²) in [5.41, 5.74) is 6.57. The first kappa shape index (κ1) is 13.8. The van der Waals surface area contributed by atoms with Gasteiger partial charge in [-0.2, -0.15) is 0 Å². The summed E-state index contributed by atoms with van der Waals surface area (Å²) in [6.45, 7) is 0. The molecule has 0 aromatic heterocycles. The lowest BCUT2D eigenvalue weighted by Gasteiger charge is -2.34. The number of hydrogen-bond acceptors (Lipinski definition) is 2. The molecule has 0 aliphatic heterocycles. The van der Waals surface area contributed by atoms with Gasteiger partial charge in [-0.1, -0.05) is 42.5 Å². The maximum Gasteiger partial charge on any atom is 0.219 e. The average Bonchev–Trinajstić information content (AvgIpc) is 2.46. The molecule has 2 rings (SSSR count). The van der Waals surface area contributed by atoms with Crippen molar-refractivity contribution in [3.05, 3.63) is 48.0 Å². The van der Waals surface area contributed by atoms with Crippen LogP contribution in [0.1, 0.15) is 37.3 Å². The van der Waals surface area contributed by atoms with Gasteiger partial charge in [0.2, 0.25) is 5.91 Å². The van der Waals surface area contributed by atoms with E-state index in [1.807, 2.05) is 18.2 Å². The molecular weight excluding hydrogens is 236 g/mol. The summed E-state index contributed by atoms with van der Waals surface area (Å²) in [7, 11) is 2.08. The van der Waals surface area contributed by atoms with Crippen LogP contribution in [0.2, 0.25) is 0 Å². The normalized spacial score (nSPS) is 20.4. The highest BCUT2D eigenvalue weighted by Gasteiger charge is 2.24. The van der Waals surface area contributed by atoms with Crippen LogP contribution in [-0.2, 0) is 4.79 Å². The number of rotatable bonds is 5. The van der Waals surface area contributed by atoms with E-state index < -0.39 is 0 Å². The molecule has 0 bridgehead atoms. The summed E-state index contributed by atoms with van der Waals surface area (Å²) in [6, 6.07) is 10.6. The van der Waals surface area contributed by atoms with Crippen LogP contribution < -0.4 is 5.73 Å². The molecule has 3 nitrogen and oxygen atoms in total. The molecule has 1 aromatic rings. The Bertz CT molecular complexity index is 441. The van der Waals surface area contributed by atoms with E-state index in [-0.39, 0.29) is 11.9 Å². The molecule has 2 N–H and O–H groups in total. The molecule has 3 heteroatoms. The maximum atomic E-state index is 11.3. The number of benzene rings is 1. The quantitative estimate of drug-likeness (QED) is 0.825. The lowest BCUT2D eigenvalue weighted by atomic mass is 9.96. The second-order valence-corrected chi connectivity index (χ2v) is 5.19. The molecule has 0 spiro atoms. The highest BCUT2D eigenvalue weighted by atomic mass is 16.1. The van der Waals surface area contributed by atoms with Crippen LogP contribution in [-0.4, -0.2) is 23.9 Å². The van der Waals surface area contributed by atoms with Gasteiger partial charge in [0.25, 0.3) is 0 Å². The van der Waals surface area contributed by atoms with Crippen LogP contribution in [0.5, 0.6) is 0 Å². The van der Waals surface area contributed by atoms with Crippen LogP contribution in [0, 0.1) is 0 Å². The van der Waals surface area contributed by atoms with Gasteiger partial charge in [-0.25, -0.2) is 0 Å². The van der Waals surface area contributed by atoms with Crippen LogP contribution in [0.4, 0.5) is 0 Å². The van der Waals surface area contributed by atoms with E-state index >= 15 is 0 Å². The third-order valence-electron chi connectivity index (χ3n) is 3.82. The fourth-order valence-electron chi connectivity index (χ4n) is 2.73. The molecule has 1 aromatic carbocycles. The van der Waals surface area contributed by atoms with Gasteiger partial charge in [0, 0.05) is 18.5 Å². The van der Waals surface area contributed by atoms with Crippen molar-refractivity contribution in [2.45, 2.75) is 37.8 Å². The zero-order chi connectivity index (χ0) is 13.7. The van der Waals surface area contributed by atoms with E-state index in [0.29, 0.717) is 12.5 Å². The summed E-state index contributed by atoms with van der Waals surface area (Å²) >= 11 is 0. The summed E-state index contributed by atoms with van der Waals surface area (Å²) in [4.78, 5) is 13.6. The molecule has 1 aliphatic carbocycles. The van der Waals surface area contributed by atoms with Crippen molar-refractivity contribution in [3.8, 4) is 0 Å².